The quantitative estimate of drug-likeness (QED) is 0.690. The highest BCUT2D eigenvalue weighted by Crippen LogP contribution is 2.10. The molecule has 0 unspecified atom stereocenters. The number of rotatable bonds is 7. The minimum atomic E-state index is -0.196. The van der Waals surface area contributed by atoms with Crippen molar-refractivity contribution in [3.05, 3.63) is 107 Å². The molecule has 4 heteroatoms. The van der Waals surface area contributed by atoms with E-state index in [0.29, 0.717) is 30.9 Å². The first-order valence-electron chi connectivity index (χ1n) is 8.72. The number of hydrogen-bond donors (Lipinski definition) is 1. The van der Waals surface area contributed by atoms with E-state index in [1.165, 1.54) is 0 Å². The SMILES string of the molecule is N#Cc1cccc(C(=O)NCc2cccc(COCc3ccccc3)c2)c1. The summed E-state index contributed by atoms with van der Waals surface area (Å²) in [5.41, 5.74) is 4.15. The number of hydrogen-bond acceptors (Lipinski definition) is 3. The third-order valence-corrected chi connectivity index (χ3v) is 4.08. The molecule has 0 aliphatic heterocycles. The zero-order valence-corrected chi connectivity index (χ0v) is 14.9. The largest absolute Gasteiger partial charge is 0.372 e. The summed E-state index contributed by atoms with van der Waals surface area (Å²) in [4.78, 5) is 12.3. The van der Waals surface area contributed by atoms with E-state index >= 15 is 0 Å². The fourth-order valence-corrected chi connectivity index (χ4v) is 2.70. The first-order chi connectivity index (χ1) is 13.2. The van der Waals surface area contributed by atoms with Crippen molar-refractivity contribution in [2.75, 3.05) is 0 Å². The molecule has 0 saturated carbocycles. The molecule has 0 radical (unpaired) electrons. The lowest BCUT2D eigenvalue weighted by Crippen LogP contribution is -2.22. The third kappa shape index (κ3) is 5.53. The Bertz CT molecular complexity index is 946. The van der Waals surface area contributed by atoms with Crippen molar-refractivity contribution in [2.45, 2.75) is 19.8 Å². The number of carbonyl (C=O) groups is 1. The van der Waals surface area contributed by atoms with Crippen molar-refractivity contribution >= 4 is 5.91 Å². The van der Waals surface area contributed by atoms with Crippen LogP contribution >= 0.6 is 0 Å². The Morgan fingerprint density at radius 1 is 0.852 bits per heavy atom. The molecule has 0 aliphatic rings. The summed E-state index contributed by atoms with van der Waals surface area (Å²) in [5.74, 6) is -0.196. The molecule has 1 N–H and O–H groups in total. The van der Waals surface area contributed by atoms with Crippen LogP contribution < -0.4 is 5.32 Å². The van der Waals surface area contributed by atoms with Crippen LogP contribution in [0.1, 0.15) is 32.6 Å². The van der Waals surface area contributed by atoms with Gasteiger partial charge in [0.1, 0.15) is 0 Å². The maximum absolute atomic E-state index is 12.3. The van der Waals surface area contributed by atoms with Crippen molar-refractivity contribution in [3.63, 3.8) is 0 Å². The number of nitrogens with one attached hydrogen (secondary N) is 1. The van der Waals surface area contributed by atoms with Crippen LogP contribution in [0.15, 0.2) is 78.9 Å². The van der Waals surface area contributed by atoms with E-state index < -0.39 is 0 Å². The van der Waals surface area contributed by atoms with Gasteiger partial charge in [-0.3, -0.25) is 4.79 Å². The lowest BCUT2D eigenvalue weighted by molar-refractivity contribution is 0.0950. The summed E-state index contributed by atoms with van der Waals surface area (Å²) in [6.07, 6.45) is 0. The lowest BCUT2D eigenvalue weighted by Gasteiger charge is -2.09. The molecule has 134 valence electrons. The van der Waals surface area contributed by atoms with Gasteiger partial charge in [-0.1, -0.05) is 60.7 Å². The van der Waals surface area contributed by atoms with Gasteiger partial charge in [-0.15, -0.1) is 0 Å². The first-order valence-corrected chi connectivity index (χ1v) is 8.72. The molecule has 0 aliphatic carbocycles. The van der Waals surface area contributed by atoms with Crippen molar-refractivity contribution in [3.8, 4) is 6.07 Å². The normalized spacial score (nSPS) is 10.2. The van der Waals surface area contributed by atoms with E-state index in [1.807, 2.05) is 60.7 Å². The summed E-state index contributed by atoms with van der Waals surface area (Å²) in [7, 11) is 0. The monoisotopic (exact) mass is 356 g/mol. The Kier molecular flexibility index (Phi) is 6.35. The fourth-order valence-electron chi connectivity index (χ4n) is 2.70. The minimum Gasteiger partial charge on any atom is -0.372 e. The van der Waals surface area contributed by atoms with E-state index in [9.17, 15) is 4.79 Å². The van der Waals surface area contributed by atoms with Crippen LogP contribution in [0.4, 0.5) is 0 Å². The molecule has 3 aromatic carbocycles. The molecule has 4 nitrogen and oxygen atoms in total. The molecular formula is C23H20N2O2. The maximum Gasteiger partial charge on any atom is 0.251 e. The number of nitriles is 1. The van der Waals surface area contributed by atoms with Gasteiger partial charge in [0.05, 0.1) is 24.8 Å². The second kappa shape index (κ2) is 9.33. The molecule has 0 saturated heterocycles. The average Bonchev–Trinajstić information content (AvgIpc) is 2.73. The highest BCUT2D eigenvalue weighted by atomic mass is 16.5. The lowest BCUT2D eigenvalue weighted by atomic mass is 10.1. The van der Waals surface area contributed by atoms with Gasteiger partial charge in [0.2, 0.25) is 0 Å². The number of amides is 1. The van der Waals surface area contributed by atoms with Crippen molar-refractivity contribution in [2.24, 2.45) is 0 Å². The Morgan fingerprint density at radius 3 is 2.37 bits per heavy atom. The van der Waals surface area contributed by atoms with E-state index in [4.69, 9.17) is 10.00 Å². The Morgan fingerprint density at radius 2 is 1.56 bits per heavy atom. The summed E-state index contributed by atoms with van der Waals surface area (Å²) >= 11 is 0. The van der Waals surface area contributed by atoms with E-state index in [2.05, 4.69) is 5.32 Å². The predicted octanol–water partition coefficient (Wildman–Crippen LogP) is 4.21. The highest BCUT2D eigenvalue weighted by molar-refractivity contribution is 5.94. The molecule has 3 rings (SSSR count). The van der Waals surface area contributed by atoms with Crippen molar-refractivity contribution < 1.29 is 9.53 Å². The van der Waals surface area contributed by atoms with E-state index in [-0.39, 0.29) is 5.91 Å². The molecule has 27 heavy (non-hydrogen) atoms. The highest BCUT2D eigenvalue weighted by Gasteiger charge is 2.06. The van der Waals surface area contributed by atoms with Gasteiger partial charge in [-0.25, -0.2) is 0 Å². The van der Waals surface area contributed by atoms with E-state index in [1.54, 1.807) is 24.3 Å². The second-order valence-corrected chi connectivity index (χ2v) is 6.17. The molecular weight excluding hydrogens is 336 g/mol. The van der Waals surface area contributed by atoms with Crippen LogP contribution in [-0.4, -0.2) is 5.91 Å². The zero-order valence-electron chi connectivity index (χ0n) is 14.9. The molecule has 0 fully saturated rings. The predicted molar refractivity (Wildman–Crippen MR) is 104 cm³/mol. The second-order valence-electron chi connectivity index (χ2n) is 6.17. The number of benzene rings is 3. The van der Waals surface area contributed by atoms with Gasteiger partial charge >= 0.3 is 0 Å². The molecule has 0 heterocycles. The first kappa shape index (κ1) is 18.4. The molecule has 1 amide bonds. The molecule has 0 spiro atoms. The zero-order chi connectivity index (χ0) is 18.9. The van der Waals surface area contributed by atoms with Crippen molar-refractivity contribution in [1.29, 1.82) is 5.26 Å². The van der Waals surface area contributed by atoms with Crippen LogP contribution in [-0.2, 0) is 24.5 Å². The summed E-state index contributed by atoms with van der Waals surface area (Å²) in [6.45, 7) is 1.50. The van der Waals surface area contributed by atoms with Gasteiger partial charge in [-0.2, -0.15) is 5.26 Å². The van der Waals surface area contributed by atoms with Gasteiger partial charge < -0.3 is 10.1 Å². The number of ether oxygens (including phenoxy) is 1. The molecule has 0 aromatic heterocycles. The average molecular weight is 356 g/mol. The van der Waals surface area contributed by atoms with E-state index in [0.717, 1.165) is 16.7 Å². The van der Waals surface area contributed by atoms with Crippen LogP contribution in [0.25, 0.3) is 0 Å². The van der Waals surface area contributed by atoms with Gasteiger partial charge in [-0.05, 0) is 34.9 Å². The van der Waals surface area contributed by atoms with Gasteiger partial charge in [0, 0.05) is 12.1 Å². The standard InChI is InChI=1S/C23H20N2O2/c24-14-19-8-5-11-22(13-19)23(26)25-15-20-9-4-10-21(12-20)17-27-16-18-6-2-1-3-7-18/h1-13H,15-17H2,(H,25,26). The molecule has 3 aromatic rings. The van der Waals surface area contributed by atoms with Crippen molar-refractivity contribution in [1.82, 2.24) is 5.32 Å². The molecule has 0 bridgehead atoms. The Hall–Kier alpha value is -3.42. The summed E-state index contributed by atoms with van der Waals surface area (Å²) in [6, 6.07) is 26.7. The number of carbonyl (C=O) groups excluding carboxylic acids is 1. The minimum absolute atomic E-state index is 0.196. The van der Waals surface area contributed by atoms with Gasteiger partial charge in [0.25, 0.3) is 5.91 Å². The smallest absolute Gasteiger partial charge is 0.251 e. The number of nitrogens with zero attached hydrogens (tertiary/aromatic N) is 1. The van der Waals surface area contributed by atoms with Crippen LogP contribution in [0.2, 0.25) is 0 Å². The van der Waals surface area contributed by atoms with Gasteiger partial charge in [0.15, 0.2) is 0 Å². The Labute approximate surface area is 159 Å². The third-order valence-electron chi connectivity index (χ3n) is 4.08. The fraction of sp³-hybridized carbons (Fsp3) is 0.130. The summed E-state index contributed by atoms with van der Waals surface area (Å²) < 4.78 is 5.76. The van der Waals surface area contributed by atoms with Crippen LogP contribution in [0.5, 0.6) is 0 Å². The topological polar surface area (TPSA) is 62.1 Å². The van der Waals surface area contributed by atoms with Crippen LogP contribution in [0, 0.1) is 11.3 Å². The maximum atomic E-state index is 12.3. The molecule has 0 atom stereocenters. The summed E-state index contributed by atoms with van der Waals surface area (Å²) in [5, 5.41) is 11.8. The Balaban J connectivity index is 1.52. The van der Waals surface area contributed by atoms with Crippen LogP contribution in [0.3, 0.4) is 0 Å².